The smallest absolute Gasteiger partial charge is 0.279 e. The zero-order valence-electron chi connectivity index (χ0n) is 18.2. The van der Waals surface area contributed by atoms with E-state index in [0.29, 0.717) is 30.1 Å². The summed E-state index contributed by atoms with van der Waals surface area (Å²) in [6.07, 6.45) is 0.911. The molecule has 3 aromatic rings. The van der Waals surface area contributed by atoms with E-state index in [0.717, 1.165) is 23.4 Å². The molecule has 6 heteroatoms. The zero-order valence-corrected chi connectivity index (χ0v) is 18.2. The number of fused-ring (bicyclic) bond motifs is 3. The summed E-state index contributed by atoms with van der Waals surface area (Å²) in [6.45, 7) is 5.12. The third kappa shape index (κ3) is 2.79. The van der Waals surface area contributed by atoms with Gasteiger partial charge in [0.15, 0.2) is 0 Å². The van der Waals surface area contributed by atoms with E-state index in [1.807, 2.05) is 73.7 Å². The highest BCUT2D eigenvalue weighted by atomic mass is 16.5. The molecule has 1 atom stereocenters. The lowest BCUT2D eigenvalue weighted by Gasteiger charge is -2.45. The number of nitrogens with zero attached hydrogens (tertiary/aromatic N) is 2. The first-order valence-electron chi connectivity index (χ1n) is 11.0. The van der Waals surface area contributed by atoms with Gasteiger partial charge in [0.1, 0.15) is 5.75 Å². The zero-order chi connectivity index (χ0) is 22.3. The molecule has 162 valence electrons. The third-order valence-electron chi connectivity index (χ3n) is 6.03. The number of likely N-dealkylation sites (N-methyl/N-ethyl adjacent to an activating group) is 1. The molecule has 0 unspecified atom stereocenters. The molecule has 0 saturated heterocycles. The first-order valence-corrected chi connectivity index (χ1v) is 11.0. The molecule has 0 bridgehead atoms. The molecule has 1 N–H and O–H groups in total. The van der Waals surface area contributed by atoms with Crippen LogP contribution in [0, 0.1) is 0 Å². The minimum absolute atomic E-state index is 0.171. The number of rotatable bonds is 5. The van der Waals surface area contributed by atoms with Gasteiger partial charge in [-0.2, -0.15) is 0 Å². The van der Waals surface area contributed by atoms with Crippen LogP contribution in [0.3, 0.4) is 0 Å². The molecule has 32 heavy (non-hydrogen) atoms. The van der Waals surface area contributed by atoms with Crippen molar-refractivity contribution in [3.8, 4) is 5.75 Å². The molecule has 2 aliphatic rings. The van der Waals surface area contributed by atoms with Crippen LogP contribution in [0.1, 0.15) is 36.2 Å². The monoisotopic (exact) mass is 427 g/mol. The highest BCUT2D eigenvalue weighted by Crippen LogP contribution is 2.49. The highest BCUT2D eigenvalue weighted by Gasteiger charge is 2.59. The minimum Gasteiger partial charge on any atom is -0.494 e. The van der Waals surface area contributed by atoms with Crippen LogP contribution in [0.15, 0.2) is 72.8 Å². The Balaban J connectivity index is 1.71. The van der Waals surface area contributed by atoms with Gasteiger partial charge in [0.25, 0.3) is 11.8 Å². The lowest BCUT2D eigenvalue weighted by Crippen LogP contribution is -2.63. The Kier molecular flexibility index (Phi) is 4.85. The Morgan fingerprint density at radius 3 is 2.38 bits per heavy atom. The summed E-state index contributed by atoms with van der Waals surface area (Å²) in [6, 6.07) is 22.4. The molecule has 2 heterocycles. The largest absolute Gasteiger partial charge is 0.494 e. The maximum atomic E-state index is 14.0. The van der Waals surface area contributed by atoms with Gasteiger partial charge in [-0.3, -0.25) is 14.5 Å². The summed E-state index contributed by atoms with van der Waals surface area (Å²) in [4.78, 5) is 31.2. The Hall–Kier alpha value is -3.80. The first-order chi connectivity index (χ1) is 15.6. The number of anilines is 3. The number of benzene rings is 3. The maximum Gasteiger partial charge on any atom is 0.279 e. The summed E-state index contributed by atoms with van der Waals surface area (Å²) in [7, 11) is 0. The molecule has 5 rings (SSSR count). The van der Waals surface area contributed by atoms with Crippen molar-refractivity contribution in [2.75, 3.05) is 28.3 Å². The van der Waals surface area contributed by atoms with Crippen molar-refractivity contribution in [3.63, 3.8) is 0 Å². The van der Waals surface area contributed by atoms with Crippen LogP contribution in [0.5, 0.6) is 5.75 Å². The van der Waals surface area contributed by atoms with Gasteiger partial charge in [-0.15, -0.1) is 0 Å². The summed E-state index contributed by atoms with van der Waals surface area (Å²) in [5.74, 6) is 0.342. The number of nitrogens with one attached hydrogen (secondary N) is 1. The Labute approximate surface area is 187 Å². The summed E-state index contributed by atoms with van der Waals surface area (Å²) in [5, 5.41) is 3.45. The molecule has 0 fully saturated rings. The highest BCUT2D eigenvalue weighted by molar-refractivity contribution is 6.22. The first kappa shape index (κ1) is 20.1. The van der Waals surface area contributed by atoms with Gasteiger partial charge < -0.3 is 15.0 Å². The Morgan fingerprint density at radius 2 is 1.62 bits per heavy atom. The van der Waals surface area contributed by atoms with E-state index in [9.17, 15) is 9.59 Å². The normalized spacial score (nSPS) is 19.1. The summed E-state index contributed by atoms with van der Waals surface area (Å²) < 4.78 is 5.72. The van der Waals surface area contributed by atoms with Crippen molar-refractivity contribution >= 4 is 28.9 Å². The van der Waals surface area contributed by atoms with Crippen molar-refractivity contribution in [1.82, 2.24) is 0 Å². The van der Waals surface area contributed by atoms with Gasteiger partial charge in [-0.1, -0.05) is 37.3 Å². The Morgan fingerprint density at radius 1 is 0.906 bits per heavy atom. The average molecular weight is 428 g/mol. The van der Waals surface area contributed by atoms with Crippen molar-refractivity contribution in [1.29, 1.82) is 0 Å². The van der Waals surface area contributed by atoms with Crippen molar-refractivity contribution in [3.05, 3.63) is 83.9 Å². The lowest BCUT2D eigenvalue weighted by molar-refractivity contribution is -0.122. The van der Waals surface area contributed by atoms with Crippen LogP contribution in [0.25, 0.3) is 0 Å². The molecular formula is C26H25N3O3. The van der Waals surface area contributed by atoms with E-state index in [1.54, 1.807) is 15.9 Å². The number of para-hydroxylation sites is 2. The van der Waals surface area contributed by atoms with Crippen LogP contribution >= 0.6 is 0 Å². The standard InChI is InChI=1S/C26H25N3O3/c1-3-17-32-19-15-13-18(14-16-19)29-24(30)20-9-5-7-11-22(20)27-26(29)21-10-6-8-12-23(21)28(4-2)25(26)31/h5-16,27H,3-4,17H2,1-2H3/t26-/m1/s1. The molecule has 6 nitrogen and oxygen atoms in total. The second kappa shape index (κ2) is 7.71. The predicted octanol–water partition coefficient (Wildman–Crippen LogP) is 4.77. The average Bonchev–Trinajstić information content (AvgIpc) is 3.06. The fourth-order valence-corrected chi connectivity index (χ4v) is 4.61. The van der Waals surface area contributed by atoms with Gasteiger partial charge in [0, 0.05) is 23.5 Å². The number of hydrogen-bond acceptors (Lipinski definition) is 4. The molecule has 0 aliphatic carbocycles. The van der Waals surface area contributed by atoms with Crippen LogP contribution in [-0.4, -0.2) is 25.0 Å². The molecule has 0 saturated carbocycles. The van der Waals surface area contributed by atoms with Gasteiger partial charge in [-0.05, 0) is 55.8 Å². The van der Waals surface area contributed by atoms with Crippen molar-refractivity contribution < 1.29 is 14.3 Å². The van der Waals surface area contributed by atoms with Crippen molar-refractivity contribution in [2.45, 2.75) is 25.9 Å². The lowest BCUT2D eigenvalue weighted by atomic mass is 9.92. The maximum absolute atomic E-state index is 14.0. The molecule has 1 spiro atoms. The fraction of sp³-hybridized carbons (Fsp3) is 0.231. The minimum atomic E-state index is -1.36. The molecule has 2 aliphatic heterocycles. The molecule has 2 amide bonds. The SMILES string of the molecule is CCCOc1ccc(N2C(=O)c3ccccc3N[C@@]23C(=O)N(CC)c2ccccc23)cc1. The number of carbonyl (C=O) groups excluding carboxylic acids is 2. The van der Waals surface area contributed by atoms with Gasteiger partial charge in [-0.25, -0.2) is 0 Å². The molecule has 3 aromatic carbocycles. The van der Waals surface area contributed by atoms with Gasteiger partial charge in [0.2, 0.25) is 5.66 Å². The number of hydrogen-bond donors (Lipinski definition) is 1. The number of ether oxygens (including phenoxy) is 1. The second-order valence-electron chi connectivity index (χ2n) is 7.93. The van der Waals surface area contributed by atoms with Crippen LogP contribution in [0.4, 0.5) is 17.1 Å². The Bertz CT molecular complexity index is 1190. The summed E-state index contributed by atoms with van der Waals surface area (Å²) >= 11 is 0. The van der Waals surface area contributed by atoms with E-state index in [4.69, 9.17) is 4.74 Å². The summed E-state index contributed by atoms with van der Waals surface area (Å²) in [5.41, 5.74) is 2.03. The molecular weight excluding hydrogens is 402 g/mol. The van der Waals surface area contributed by atoms with E-state index >= 15 is 0 Å². The van der Waals surface area contributed by atoms with Crippen LogP contribution < -0.4 is 19.9 Å². The van der Waals surface area contributed by atoms with E-state index in [-0.39, 0.29) is 11.8 Å². The third-order valence-corrected chi connectivity index (χ3v) is 6.03. The van der Waals surface area contributed by atoms with Gasteiger partial charge in [0.05, 0.1) is 17.9 Å². The molecule has 0 radical (unpaired) electrons. The molecule has 0 aromatic heterocycles. The van der Waals surface area contributed by atoms with Gasteiger partial charge >= 0.3 is 0 Å². The van der Waals surface area contributed by atoms with Crippen LogP contribution in [-0.2, 0) is 10.5 Å². The predicted molar refractivity (Wildman–Crippen MR) is 125 cm³/mol. The van der Waals surface area contributed by atoms with E-state index in [1.165, 1.54) is 0 Å². The number of amides is 2. The number of carbonyl (C=O) groups is 2. The fourth-order valence-electron chi connectivity index (χ4n) is 4.61. The van der Waals surface area contributed by atoms with Crippen LogP contribution in [0.2, 0.25) is 0 Å². The van der Waals surface area contributed by atoms with Crippen molar-refractivity contribution in [2.24, 2.45) is 0 Å². The second-order valence-corrected chi connectivity index (χ2v) is 7.93. The van der Waals surface area contributed by atoms with E-state index < -0.39 is 5.66 Å². The topological polar surface area (TPSA) is 61.9 Å². The van der Waals surface area contributed by atoms with E-state index in [2.05, 4.69) is 12.2 Å². The quantitative estimate of drug-likeness (QED) is 0.637.